The number of hydrogen-bond donors (Lipinski definition) is 1. The summed E-state index contributed by atoms with van der Waals surface area (Å²) in [6.45, 7) is 0.946. The highest BCUT2D eigenvalue weighted by Gasteiger charge is 2.40. The molecule has 2 heterocycles. The summed E-state index contributed by atoms with van der Waals surface area (Å²) in [5.41, 5.74) is 3.37. The standard InChI is InChI=1S/C23H20F3N3O2/c1-22(9-15-10-27-14-28-11-15)20-8-17(5-6-18(20)12-29-21(22)30)16-3-2-4-19(7-16)31-13-23(24,25)26/h2-8,10-11,14H,9,12-13H2,1H3,(H,29,30)/t22-/m0/s1. The largest absolute Gasteiger partial charge is 0.484 e. The zero-order chi connectivity index (χ0) is 22.1. The summed E-state index contributed by atoms with van der Waals surface area (Å²) >= 11 is 0. The minimum atomic E-state index is -4.40. The minimum Gasteiger partial charge on any atom is -0.484 e. The number of carbonyl (C=O) groups is 1. The van der Waals surface area contributed by atoms with Gasteiger partial charge in [0, 0.05) is 18.9 Å². The van der Waals surface area contributed by atoms with Gasteiger partial charge in [-0.15, -0.1) is 0 Å². The molecule has 31 heavy (non-hydrogen) atoms. The zero-order valence-corrected chi connectivity index (χ0v) is 16.7. The molecule has 0 spiro atoms. The number of hydrogen-bond acceptors (Lipinski definition) is 4. The number of benzene rings is 2. The summed E-state index contributed by atoms with van der Waals surface area (Å²) in [6, 6.07) is 12.3. The molecule has 1 aliphatic rings. The summed E-state index contributed by atoms with van der Waals surface area (Å²) in [6.07, 6.45) is 0.825. The van der Waals surface area contributed by atoms with Crippen molar-refractivity contribution in [2.45, 2.75) is 31.5 Å². The molecule has 0 aliphatic carbocycles. The molecule has 0 fully saturated rings. The Kier molecular flexibility index (Phi) is 5.39. The fraction of sp³-hybridized carbons (Fsp3) is 0.261. The number of nitrogens with one attached hydrogen (secondary N) is 1. The smallest absolute Gasteiger partial charge is 0.422 e. The molecule has 0 saturated carbocycles. The Labute approximate surface area is 177 Å². The van der Waals surface area contributed by atoms with E-state index in [-0.39, 0.29) is 11.7 Å². The molecule has 160 valence electrons. The quantitative estimate of drug-likeness (QED) is 0.663. The van der Waals surface area contributed by atoms with Crippen LogP contribution in [0.25, 0.3) is 11.1 Å². The van der Waals surface area contributed by atoms with Gasteiger partial charge in [0.2, 0.25) is 5.91 Å². The van der Waals surface area contributed by atoms with Gasteiger partial charge in [0.25, 0.3) is 0 Å². The van der Waals surface area contributed by atoms with Gasteiger partial charge in [-0.05, 0) is 59.4 Å². The number of carbonyl (C=O) groups excluding carboxylic acids is 1. The number of rotatable bonds is 5. The van der Waals surface area contributed by atoms with Gasteiger partial charge in [0.15, 0.2) is 6.61 Å². The first kappa shape index (κ1) is 20.8. The van der Waals surface area contributed by atoms with Gasteiger partial charge in [0.05, 0.1) is 5.41 Å². The van der Waals surface area contributed by atoms with Crippen LogP contribution in [-0.2, 0) is 23.2 Å². The van der Waals surface area contributed by atoms with Crippen LogP contribution in [0, 0.1) is 0 Å². The molecule has 8 heteroatoms. The fourth-order valence-electron chi connectivity index (χ4n) is 3.85. The van der Waals surface area contributed by atoms with Gasteiger partial charge in [-0.3, -0.25) is 4.79 Å². The first-order chi connectivity index (χ1) is 14.7. The van der Waals surface area contributed by atoms with Crippen LogP contribution in [0.2, 0.25) is 0 Å². The van der Waals surface area contributed by atoms with Gasteiger partial charge in [0.1, 0.15) is 12.1 Å². The third-order valence-corrected chi connectivity index (χ3v) is 5.39. The van der Waals surface area contributed by atoms with Crippen molar-refractivity contribution < 1.29 is 22.7 Å². The van der Waals surface area contributed by atoms with Gasteiger partial charge in [-0.1, -0.05) is 24.3 Å². The second-order valence-electron chi connectivity index (χ2n) is 7.74. The number of ether oxygens (including phenoxy) is 1. The van der Waals surface area contributed by atoms with Crippen molar-refractivity contribution >= 4 is 5.91 Å². The molecule has 4 rings (SSSR count). The number of aromatic nitrogens is 2. The van der Waals surface area contributed by atoms with Crippen molar-refractivity contribution in [2.75, 3.05) is 6.61 Å². The number of amides is 1. The van der Waals surface area contributed by atoms with E-state index in [1.165, 1.54) is 12.4 Å². The normalized spacial score (nSPS) is 18.3. The van der Waals surface area contributed by atoms with E-state index < -0.39 is 18.2 Å². The lowest BCUT2D eigenvalue weighted by atomic mass is 9.72. The van der Waals surface area contributed by atoms with Gasteiger partial charge < -0.3 is 10.1 Å². The van der Waals surface area contributed by atoms with Crippen LogP contribution in [0.5, 0.6) is 5.75 Å². The monoisotopic (exact) mass is 427 g/mol. The third kappa shape index (κ3) is 4.52. The molecule has 2 aromatic carbocycles. The van der Waals surface area contributed by atoms with Crippen LogP contribution in [0.15, 0.2) is 61.2 Å². The van der Waals surface area contributed by atoms with Crippen molar-refractivity contribution in [2.24, 2.45) is 0 Å². The van der Waals surface area contributed by atoms with E-state index in [1.54, 1.807) is 30.6 Å². The first-order valence-corrected chi connectivity index (χ1v) is 9.70. The van der Waals surface area contributed by atoms with Crippen molar-refractivity contribution in [1.82, 2.24) is 15.3 Å². The molecule has 0 bridgehead atoms. The summed E-state index contributed by atoms with van der Waals surface area (Å²) < 4.78 is 42.3. The predicted molar refractivity (Wildman–Crippen MR) is 108 cm³/mol. The van der Waals surface area contributed by atoms with Gasteiger partial charge in [-0.25, -0.2) is 9.97 Å². The highest BCUT2D eigenvalue weighted by atomic mass is 19.4. The average Bonchev–Trinajstić information content (AvgIpc) is 2.75. The van der Waals surface area contributed by atoms with Crippen molar-refractivity contribution in [3.8, 4) is 16.9 Å². The Hall–Kier alpha value is -3.42. The van der Waals surface area contributed by atoms with E-state index in [1.807, 2.05) is 25.1 Å². The first-order valence-electron chi connectivity index (χ1n) is 9.70. The summed E-state index contributed by atoms with van der Waals surface area (Å²) in [5.74, 6) is 0.0396. The number of halogens is 3. The van der Waals surface area contributed by atoms with Crippen LogP contribution in [0.4, 0.5) is 13.2 Å². The van der Waals surface area contributed by atoms with Gasteiger partial charge >= 0.3 is 6.18 Å². The SMILES string of the molecule is C[C@@]1(Cc2cncnc2)C(=O)NCc2ccc(-c3cccc(OCC(F)(F)F)c3)cc21. The number of fused-ring (bicyclic) bond motifs is 1. The van der Waals surface area contributed by atoms with Crippen molar-refractivity contribution in [3.63, 3.8) is 0 Å². The lowest BCUT2D eigenvalue weighted by Crippen LogP contribution is -2.48. The molecular weight excluding hydrogens is 407 g/mol. The number of alkyl halides is 3. The third-order valence-electron chi connectivity index (χ3n) is 5.39. The predicted octanol–water partition coefficient (Wildman–Crippen LogP) is 4.21. The van der Waals surface area contributed by atoms with Crippen LogP contribution >= 0.6 is 0 Å². The maximum atomic E-state index is 12.9. The highest BCUT2D eigenvalue weighted by Crippen LogP contribution is 2.37. The summed E-state index contributed by atoms with van der Waals surface area (Å²) in [5, 5.41) is 2.94. The van der Waals surface area contributed by atoms with Crippen molar-refractivity contribution in [3.05, 3.63) is 77.9 Å². The number of nitrogens with zero attached hydrogens (tertiary/aromatic N) is 2. The van der Waals surface area contributed by atoms with E-state index in [0.717, 1.165) is 22.3 Å². The molecule has 0 unspecified atom stereocenters. The second kappa shape index (κ2) is 8.02. The average molecular weight is 427 g/mol. The zero-order valence-electron chi connectivity index (χ0n) is 16.7. The van der Waals surface area contributed by atoms with E-state index in [2.05, 4.69) is 15.3 Å². The lowest BCUT2D eigenvalue weighted by Gasteiger charge is -2.35. The molecule has 0 saturated heterocycles. The second-order valence-corrected chi connectivity index (χ2v) is 7.74. The molecular formula is C23H20F3N3O2. The molecule has 1 aliphatic heterocycles. The van der Waals surface area contributed by atoms with Crippen LogP contribution in [0.3, 0.4) is 0 Å². The summed E-state index contributed by atoms with van der Waals surface area (Å²) in [4.78, 5) is 21.0. The highest BCUT2D eigenvalue weighted by molar-refractivity contribution is 5.90. The maximum absolute atomic E-state index is 12.9. The Bertz CT molecular complexity index is 1100. The molecule has 3 aromatic rings. The molecule has 5 nitrogen and oxygen atoms in total. The molecule has 1 aromatic heterocycles. The van der Waals surface area contributed by atoms with E-state index in [4.69, 9.17) is 4.74 Å². The van der Waals surface area contributed by atoms with Gasteiger partial charge in [-0.2, -0.15) is 13.2 Å². The minimum absolute atomic E-state index is 0.0942. The Morgan fingerprint density at radius 3 is 2.58 bits per heavy atom. The van der Waals surface area contributed by atoms with Crippen LogP contribution < -0.4 is 10.1 Å². The van der Waals surface area contributed by atoms with Crippen LogP contribution in [-0.4, -0.2) is 28.7 Å². The fourth-order valence-corrected chi connectivity index (χ4v) is 3.85. The Balaban J connectivity index is 1.69. The van der Waals surface area contributed by atoms with E-state index in [0.29, 0.717) is 18.5 Å². The molecule has 1 amide bonds. The van der Waals surface area contributed by atoms with E-state index >= 15 is 0 Å². The maximum Gasteiger partial charge on any atom is 0.422 e. The molecule has 0 radical (unpaired) electrons. The van der Waals surface area contributed by atoms with Crippen LogP contribution in [0.1, 0.15) is 23.6 Å². The lowest BCUT2D eigenvalue weighted by molar-refractivity contribution is -0.153. The topological polar surface area (TPSA) is 64.1 Å². The van der Waals surface area contributed by atoms with Crippen molar-refractivity contribution in [1.29, 1.82) is 0 Å². The Morgan fingerprint density at radius 1 is 1.10 bits per heavy atom. The summed E-state index contributed by atoms with van der Waals surface area (Å²) in [7, 11) is 0. The Morgan fingerprint density at radius 2 is 1.84 bits per heavy atom. The molecule has 1 atom stereocenters. The van der Waals surface area contributed by atoms with E-state index in [9.17, 15) is 18.0 Å². The molecule has 1 N–H and O–H groups in total.